The smallest absolute Gasteiger partial charge is 0.259 e. The third kappa shape index (κ3) is 6.86. The Morgan fingerprint density at radius 2 is 1.88 bits per heavy atom. The molecular weight excluding hydrogens is 662 g/mol. The number of methoxy groups -OCH3 is 1. The summed E-state index contributed by atoms with van der Waals surface area (Å²) in [6.07, 6.45) is 4.62. The van der Waals surface area contributed by atoms with Gasteiger partial charge < -0.3 is 14.8 Å². The Bertz CT molecular complexity index is 1610. The van der Waals surface area contributed by atoms with E-state index < -0.39 is 0 Å². The number of nitrogens with one attached hydrogen (secondary N) is 1. The summed E-state index contributed by atoms with van der Waals surface area (Å²) < 4.78 is 26.5. The van der Waals surface area contributed by atoms with Crippen molar-refractivity contribution in [2.45, 2.75) is 46.6 Å². The second kappa shape index (κ2) is 13.0. The monoisotopic (exact) mass is 696 g/mol. The molecule has 5 rings (SSSR count). The van der Waals surface area contributed by atoms with Gasteiger partial charge in [-0.2, -0.15) is 0 Å². The van der Waals surface area contributed by atoms with Gasteiger partial charge >= 0.3 is 0 Å². The van der Waals surface area contributed by atoms with Crippen LogP contribution in [0.3, 0.4) is 0 Å². The molecule has 0 spiro atoms. The number of amides is 1. The number of thiophene rings is 1. The van der Waals surface area contributed by atoms with Crippen molar-refractivity contribution >= 4 is 56.7 Å². The van der Waals surface area contributed by atoms with E-state index in [2.05, 4.69) is 48.7 Å². The summed E-state index contributed by atoms with van der Waals surface area (Å²) in [4.78, 5) is 19.7. The molecule has 3 aromatic carbocycles. The number of carbonyl (C=O) groups excluding carboxylic acids is 1. The minimum absolute atomic E-state index is 0.0860. The Hall–Kier alpha value is -3.24. The number of aliphatic imine (C=N–C) groups is 1. The lowest BCUT2D eigenvalue weighted by Gasteiger charge is -2.33. The molecule has 42 heavy (non-hydrogen) atoms. The third-order valence-corrected chi connectivity index (χ3v) is 9.61. The van der Waals surface area contributed by atoms with Gasteiger partial charge in [-0.05, 0) is 94.6 Å². The lowest BCUT2D eigenvalue weighted by molar-refractivity contribution is 0.102. The molecule has 1 amide bonds. The summed E-state index contributed by atoms with van der Waals surface area (Å²) >= 11 is 3.80. The summed E-state index contributed by atoms with van der Waals surface area (Å²) in [5.41, 5.74) is 4.01. The maximum Gasteiger partial charge on any atom is 0.259 e. The fraction of sp³-hybridized carbons (Fsp3) is 0.294. The topological polar surface area (TPSA) is 59.9 Å². The molecule has 0 saturated heterocycles. The van der Waals surface area contributed by atoms with E-state index in [-0.39, 0.29) is 23.7 Å². The summed E-state index contributed by atoms with van der Waals surface area (Å²) in [5.74, 6) is 1.17. The van der Waals surface area contributed by atoms with Gasteiger partial charge in [0.25, 0.3) is 5.91 Å². The number of benzene rings is 3. The van der Waals surface area contributed by atoms with E-state index in [0.717, 1.165) is 39.6 Å². The number of rotatable bonds is 8. The first-order valence-corrected chi connectivity index (χ1v) is 15.8. The maximum atomic E-state index is 14.1. The molecule has 0 aliphatic heterocycles. The van der Waals surface area contributed by atoms with Crippen LogP contribution in [0.15, 0.2) is 71.7 Å². The van der Waals surface area contributed by atoms with Gasteiger partial charge in [-0.15, -0.1) is 11.3 Å². The van der Waals surface area contributed by atoms with Crippen molar-refractivity contribution < 1.29 is 18.7 Å². The average Bonchev–Trinajstić information content (AvgIpc) is 3.34. The van der Waals surface area contributed by atoms with Gasteiger partial charge in [0.2, 0.25) is 0 Å². The highest BCUT2D eigenvalue weighted by Gasteiger charge is 2.33. The Kier molecular flexibility index (Phi) is 9.32. The first kappa shape index (κ1) is 30.2. The Labute approximate surface area is 264 Å². The number of carbonyl (C=O) groups is 1. The molecule has 4 aromatic rings. The predicted octanol–water partition coefficient (Wildman–Crippen LogP) is 9.23. The van der Waals surface area contributed by atoms with E-state index in [1.807, 2.05) is 42.5 Å². The number of anilines is 1. The van der Waals surface area contributed by atoms with Crippen molar-refractivity contribution in [3.05, 3.63) is 103 Å². The second-order valence-corrected chi connectivity index (χ2v) is 13.7. The number of nitrogens with zero attached hydrogens (tertiary/aromatic N) is 1. The Balaban J connectivity index is 1.45. The zero-order valence-electron chi connectivity index (χ0n) is 24.2. The number of hydrogen-bond donors (Lipinski definition) is 1. The van der Waals surface area contributed by atoms with E-state index >= 15 is 0 Å². The molecular formula is C34H34FIN2O3S. The lowest BCUT2D eigenvalue weighted by atomic mass is 9.72. The van der Waals surface area contributed by atoms with Gasteiger partial charge in [0, 0.05) is 22.3 Å². The quantitative estimate of drug-likeness (QED) is 0.148. The second-order valence-electron chi connectivity index (χ2n) is 11.5. The average molecular weight is 697 g/mol. The standard InChI is InChI=1S/C34H34FIN2O3S/c1-34(2,3)23-14-15-25-29(18-23)42-33(30(25)32(39)38-24-11-6-5-7-12-24)37-19-21-16-27(36)31(28(17-21)40-4)41-20-22-10-8-9-13-26(22)35/h5-13,16-17,19,23H,14-15,18,20H2,1-4H3,(H,38,39)/t23-/m0/s1. The van der Waals surface area contributed by atoms with Crippen LogP contribution in [0.25, 0.3) is 0 Å². The molecule has 0 radical (unpaired) electrons. The van der Waals surface area contributed by atoms with E-state index in [9.17, 15) is 9.18 Å². The molecule has 0 bridgehead atoms. The van der Waals surface area contributed by atoms with Crippen molar-refractivity contribution in [2.24, 2.45) is 16.3 Å². The summed E-state index contributed by atoms with van der Waals surface area (Å²) in [6.45, 7) is 6.95. The van der Waals surface area contributed by atoms with Gasteiger partial charge in [-0.25, -0.2) is 9.38 Å². The van der Waals surface area contributed by atoms with Crippen LogP contribution < -0.4 is 14.8 Å². The fourth-order valence-electron chi connectivity index (χ4n) is 5.20. The van der Waals surface area contributed by atoms with Crippen molar-refractivity contribution in [1.82, 2.24) is 0 Å². The molecule has 1 aromatic heterocycles. The van der Waals surface area contributed by atoms with Gasteiger partial charge in [0.05, 0.1) is 16.2 Å². The Morgan fingerprint density at radius 1 is 1.14 bits per heavy atom. The van der Waals surface area contributed by atoms with E-state index in [1.54, 1.807) is 42.9 Å². The molecule has 1 N–H and O–H groups in total. The number of fused-ring (bicyclic) bond motifs is 1. The predicted molar refractivity (Wildman–Crippen MR) is 177 cm³/mol. The van der Waals surface area contributed by atoms with E-state index in [4.69, 9.17) is 14.5 Å². The first-order valence-electron chi connectivity index (χ1n) is 13.9. The molecule has 8 heteroatoms. The molecule has 1 atom stereocenters. The molecule has 1 aliphatic rings. The molecule has 0 unspecified atom stereocenters. The largest absolute Gasteiger partial charge is 0.493 e. The summed E-state index contributed by atoms with van der Waals surface area (Å²) in [5, 5.41) is 3.78. The van der Waals surface area contributed by atoms with Crippen molar-refractivity contribution in [3.63, 3.8) is 0 Å². The number of ether oxygens (including phenoxy) is 2. The van der Waals surface area contributed by atoms with Crippen LogP contribution in [0.4, 0.5) is 15.1 Å². The normalized spacial score (nSPS) is 15.0. The van der Waals surface area contributed by atoms with Gasteiger partial charge in [0.1, 0.15) is 17.4 Å². The highest BCUT2D eigenvalue weighted by molar-refractivity contribution is 14.1. The summed E-state index contributed by atoms with van der Waals surface area (Å²) in [7, 11) is 1.58. The SMILES string of the molecule is COc1cc(C=Nc2sc3c(c2C(=O)Nc2ccccc2)CC[C@H](C(C)(C)C)C3)cc(I)c1OCc1ccccc1F. The number of para-hydroxylation sites is 1. The molecule has 218 valence electrons. The minimum Gasteiger partial charge on any atom is -0.493 e. The van der Waals surface area contributed by atoms with Crippen molar-refractivity contribution in [3.8, 4) is 11.5 Å². The maximum absolute atomic E-state index is 14.1. The van der Waals surface area contributed by atoms with Crippen LogP contribution in [0, 0.1) is 20.7 Å². The minimum atomic E-state index is -0.310. The van der Waals surface area contributed by atoms with Crippen LogP contribution in [0.2, 0.25) is 0 Å². The fourth-order valence-corrected chi connectivity index (χ4v) is 7.25. The number of halogens is 2. The molecule has 0 saturated carbocycles. The van der Waals surface area contributed by atoms with Gasteiger partial charge in [0.15, 0.2) is 11.5 Å². The van der Waals surface area contributed by atoms with Crippen molar-refractivity contribution in [1.29, 1.82) is 0 Å². The van der Waals surface area contributed by atoms with Crippen LogP contribution in [0.1, 0.15) is 59.1 Å². The zero-order valence-corrected chi connectivity index (χ0v) is 27.1. The Morgan fingerprint density at radius 3 is 2.60 bits per heavy atom. The van der Waals surface area contributed by atoms with Crippen LogP contribution in [0.5, 0.6) is 11.5 Å². The highest BCUT2D eigenvalue weighted by atomic mass is 127. The lowest BCUT2D eigenvalue weighted by Crippen LogP contribution is -2.27. The number of hydrogen-bond acceptors (Lipinski definition) is 5. The van der Waals surface area contributed by atoms with Gasteiger partial charge in [-0.1, -0.05) is 57.2 Å². The molecule has 0 fully saturated rings. The van der Waals surface area contributed by atoms with Crippen LogP contribution in [-0.2, 0) is 19.4 Å². The third-order valence-electron chi connectivity index (χ3n) is 7.64. The zero-order chi connectivity index (χ0) is 29.9. The van der Waals surface area contributed by atoms with E-state index in [0.29, 0.717) is 33.5 Å². The highest BCUT2D eigenvalue weighted by Crippen LogP contribution is 2.45. The van der Waals surface area contributed by atoms with Crippen LogP contribution >= 0.6 is 33.9 Å². The van der Waals surface area contributed by atoms with Crippen molar-refractivity contribution in [2.75, 3.05) is 12.4 Å². The molecule has 1 heterocycles. The van der Waals surface area contributed by atoms with E-state index in [1.165, 1.54) is 10.9 Å². The molecule has 5 nitrogen and oxygen atoms in total. The van der Waals surface area contributed by atoms with Gasteiger partial charge in [-0.3, -0.25) is 4.79 Å². The first-order chi connectivity index (χ1) is 20.1. The molecule has 1 aliphatic carbocycles. The van der Waals surface area contributed by atoms with Crippen LogP contribution in [-0.4, -0.2) is 19.2 Å². The summed E-state index contributed by atoms with van der Waals surface area (Å²) in [6, 6.07) is 19.9.